The van der Waals surface area contributed by atoms with Gasteiger partial charge in [-0.1, -0.05) is 12.1 Å². The van der Waals surface area contributed by atoms with E-state index in [-0.39, 0.29) is 23.9 Å². The van der Waals surface area contributed by atoms with Gasteiger partial charge < -0.3 is 4.74 Å². The fourth-order valence-corrected chi connectivity index (χ4v) is 4.37. The molecule has 4 nitrogen and oxygen atoms in total. The Morgan fingerprint density at radius 3 is 2.21 bits per heavy atom. The van der Waals surface area contributed by atoms with E-state index >= 15 is 0 Å². The van der Waals surface area contributed by atoms with Crippen LogP contribution in [-0.2, 0) is 9.53 Å². The monoisotopic (exact) mass is 380 g/mol. The molecule has 0 spiro atoms. The predicted octanol–water partition coefficient (Wildman–Crippen LogP) is 5.31. The number of allylic oxidation sites excluding steroid dienone is 2. The Morgan fingerprint density at radius 2 is 1.64 bits per heavy atom. The van der Waals surface area contributed by atoms with Crippen LogP contribution < -0.4 is 0 Å². The highest BCUT2D eigenvalue weighted by Gasteiger charge is 2.30. The third-order valence-corrected chi connectivity index (χ3v) is 6.06. The number of carbonyl (C=O) groups excluding carboxylic acids is 1. The SMILES string of the molecule is N#CC(F)=CC1CCC(C(=O)OC2CCC(c3ccc(C#N)cc3)CC2)CC1. The number of carbonyl (C=O) groups is 1. The van der Waals surface area contributed by atoms with Crippen LogP contribution in [0.5, 0.6) is 0 Å². The van der Waals surface area contributed by atoms with E-state index in [0.717, 1.165) is 38.5 Å². The van der Waals surface area contributed by atoms with Gasteiger partial charge in [-0.2, -0.15) is 14.9 Å². The van der Waals surface area contributed by atoms with Gasteiger partial charge in [0.2, 0.25) is 0 Å². The van der Waals surface area contributed by atoms with Crippen molar-refractivity contribution >= 4 is 5.97 Å². The number of hydrogen-bond donors (Lipinski definition) is 0. The molecule has 0 atom stereocenters. The predicted molar refractivity (Wildman–Crippen MR) is 102 cm³/mol. The third kappa shape index (κ3) is 5.20. The van der Waals surface area contributed by atoms with Gasteiger partial charge in [0.1, 0.15) is 12.2 Å². The summed E-state index contributed by atoms with van der Waals surface area (Å²) in [5.74, 6) is -0.451. The minimum Gasteiger partial charge on any atom is -0.462 e. The second kappa shape index (κ2) is 9.51. The molecule has 3 rings (SSSR count). The second-order valence-electron chi connectivity index (χ2n) is 7.88. The molecule has 146 valence electrons. The minimum absolute atomic E-state index is 0.0178. The summed E-state index contributed by atoms with van der Waals surface area (Å²) in [6, 6.07) is 11.4. The highest BCUT2D eigenvalue weighted by molar-refractivity contribution is 5.72. The molecule has 2 saturated carbocycles. The van der Waals surface area contributed by atoms with Crippen LogP contribution in [0.1, 0.15) is 68.4 Å². The second-order valence-corrected chi connectivity index (χ2v) is 7.88. The normalized spacial score (nSPS) is 28.0. The van der Waals surface area contributed by atoms with Crippen molar-refractivity contribution < 1.29 is 13.9 Å². The first-order valence-corrected chi connectivity index (χ1v) is 10.1. The van der Waals surface area contributed by atoms with Gasteiger partial charge in [-0.3, -0.25) is 4.79 Å². The Hall–Kier alpha value is -2.66. The minimum atomic E-state index is -0.731. The lowest BCUT2D eigenvalue weighted by Crippen LogP contribution is -2.29. The molecule has 2 fully saturated rings. The Kier molecular flexibility index (Phi) is 6.82. The van der Waals surface area contributed by atoms with Crippen molar-refractivity contribution in [2.75, 3.05) is 0 Å². The average molecular weight is 380 g/mol. The molecule has 0 radical (unpaired) electrons. The Labute approximate surface area is 165 Å². The van der Waals surface area contributed by atoms with E-state index in [4.69, 9.17) is 15.3 Å². The van der Waals surface area contributed by atoms with E-state index in [2.05, 4.69) is 6.07 Å². The van der Waals surface area contributed by atoms with E-state index < -0.39 is 5.83 Å². The Bertz CT molecular complexity index is 787. The maximum absolute atomic E-state index is 13.1. The van der Waals surface area contributed by atoms with Gasteiger partial charge in [-0.05, 0) is 87.0 Å². The van der Waals surface area contributed by atoms with Crippen molar-refractivity contribution in [1.82, 2.24) is 0 Å². The molecule has 2 aliphatic rings. The average Bonchev–Trinajstić information content (AvgIpc) is 2.74. The zero-order valence-electron chi connectivity index (χ0n) is 15.9. The Balaban J connectivity index is 1.43. The van der Waals surface area contributed by atoms with Gasteiger partial charge in [0, 0.05) is 0 Å². The summed E-state index contributed by atoms with van der Waals surface area (Å²) in [4.78, 5) is 12.5. The largest absolute Gasteiger partial charge is 0.462 e. The highest BCUT2D eigenvalue weighted by atomic mass is 19.1. The molecule has 0 unspecified atom stereocenters. The lowest BCUT2D eigenvalue weighted by molar-refractivity contribution is -0.157. The van der Waals surface area contributed by atoms with E-state index in [1.165, 1.54) is 17.7 Å². The summed E-state index contributed by atoms with van der Waals surface area (Å²) >= 11 is 0. The van der Waals surface area contributed by atoms with Gasteiger partial charge in [0.15, 0.2) is 5.83 Å². The van der Waals surface area contributed by atoms with Crippen LogP contribution in [0.2, 0.25) is 0 Å². The van der Waals surface area contributed by atoms with Crippen LogP contribution in [0.15, 0.2) is 36.2 Å². The van der Waals surface area contributed by atoms with Crippen LogP contribution in [0.3, 0.4) is 0 Å². The van der Waals surface area contributed by atoms with Crippen LogP contribution in [0, 0.1) is 34.5 Å². The van der Waals surface area contributed by atoms with Gasteiger partial charge in [-0.25, -0.2) is 0 Å². The zero-order valence-corrected chi connectivity index (χ0v) is 15.9. The smallest absolute Gasteiger partial charge is 0.309 e. The van der Waals surface area contributed by atoms with Gasteiger partial charge >= 0.3 is 5.97 Å². The molecular formula is C23H25FN2O2. The summed E-state index contributed by atoms with van der Waals surface area (Å²) in [7, 11) is 0. The third-order valence-electron chi connectivity index (χ3n) is 6.06. The number of ether oxygens (including phenoxy) is 1. The lowest BCUT2D eigenvalue weighted by atomic mass is 9.81. The van der Waals surface area contributed by atoms with Crippen molar-refractivity contribution in [3.8, 4) is 12.1 Å². The molecule has 0 aromatic heterocycles. The summed E-state index contributed by atoms with van der Waals surface area (Å²) in [5, 5.41) is 17.4. The topological polar surface area (TPSA) is 73.9 Å². The van der Waals surface area contributed by atoms with E-state index in [0.29, 0.717) is 24.3 Å². The molecule has 0 amide bonds. The molecule has 0 saturated heterocycles. The van der Waals surface area contributed by atoms with Crippen LogP contribution >= 0.6 is 0 Å². The maximum Gasteiger partial charge on any atom is 0.309 e. The van der Waals surface area contributed by atoms with Crippen molar-refractivity contribution in [2.24, 2.45) is 11.8 Å². The fourth-order valence-electron chi connectivity index (χ4n) is 4.37. The first kappa shape index (κ1) is 20.1. The first-order chi connectivity index (χ1) is 13.6. The van der Waals surface area contributed by atoms with Crippen LogP contribution in [0.4, 0.5) is 4.39 Å². The van der Waals surface area contributed by atoms with Crippen molar-refractivity contribution in [3.63, 3.8) is 0 Å². The van der Waals surface area contributed by atoms with Crippen LogP contribution in [0.25, 0.3) is 0 Å². The van der Waals surface area contributed by atoms with Gasteiger partial charge in [0.25, 0.3) is 0 Å². The zero-order chi connectivity index (χ0) is 19.9. The molecule has 0 bridgehead atoms. The quantitative estimate of drug-likeness (QED) is 0.524. The first-order valence-electron chi connectivity index (χ1n) is 10.1. The number of halogens is 1. The summed E-state index contributed by atoms with van der Waals surface area (Å²) < 4.78 is 18.8. The van der Waals surface area contributed by atoms with Crippen molar-refractivity contribution in [1.29, 1.82) is 10.5 Å². The fraction of sp³-hybridized carbons (Fsp3) is 0.522. The van der Waals surface area contributed by atoms with Crippen LogP contribution in [-0.4, -0.2) is 12.1 Å². The van der Waals surface area contributed by atoms with Gasteiger partial charge in [0.05, 0.1) is 17.6 Å². The molecule has 1 aromatic carbocycles. The molecule has 28 heavy (non-hydrogen) atoms. The van der Waals surface area contributed by atoms with E-state index in [1.54, 1.807) is 0 Å². The lowest BCUT2D eigenvalue weighted by Gasteiger charge is -2.31. The van der Waals surface area contributed by atoms with Gasteiger partial charge in [-0.15, -0.1) is 0 Å². The summed E-state index contributed by atoms with van der Waals surface area (Å²) in [6.07, 6.45) is 7.88. The molecular weight excluding hydrogens is 355 g/mol. The van der Waals surface area contributed by atoms with Crippen molar-refractivity contribution in [3.05, 3.63) is 47.3 Å². The molecule has 0 N–H and O–H groups in total. The maximum atomic E-state index is 13.1. The number of nitriles is 2. The number of esters is 1. The number of benzene rings is 1. The number of hydrogen-bond acceptors (Lipinski definition) is 4. The number of rotatable bonds is 4. The standard InChI is InChI=1S/C23H25FN2O2/c24-21(15-26)13-16-1-7-20(8-2-16)23(27)28-22-11-9-19(10-12-22)18-5-3-17(14-25)4-6-18/h3-6,13,16,19-20,22H,1-2,7-12H2. The number of nitrogens with zero attached hydrogens (tertiary/aromatic N) is 2. The van der Waals surface area contributed by atoms with Crippen molar-refractivity contribution in [2.45, 2.75) is 63.4 Å². The summed E-state index contributed by atoms with van der Waals surface area (Å²) in [5.41, 5.74) is 1.92. The molecule has 2 aliphatic carbocycles. The molecule has 0 aliphatic heterocycles. The van der Waals surface area contributed by atoms with E-state index in [9.17, 15) is 9.18 Å². The molecule has 1 aromatic rings. The molecule has 5 heteroatoms. The molecule has 0 heterocycles. The highest BCUT2D eigenvalue weighted by Crippen LogP contribution is 2.36. The Morgan fingerprint density at radius 1 is 1.00 bits per heavy atom. The van der Waals surface area contributed by atoms with E-state index in [1.807, 2.05) is 24.3 Å². The summed E-state index contributed by atoms with van der Waals surface area (Å²) in [6.45, 7) is 0.